The van der Waals surface area contributed by atoms with Crippen molar-refractivity contribution in [1.29, 1.82) is 0 Å². The molecular weight excluding hydrogens is 379 g/mol. The van der Waals surface area contributed by atoms with Gasteiger partial charge in [0, 0.05) is 38.5 Å². The van der Waals surface area contributed by atoms with Crippen molar-refractivity contribution in [3.63, 3.8) is 0 Å². The van der Waals surface area contributed by atoms with Crippen molar-refractivity contribution in [2.24, 2.45) is 7.05 Å². The van der Waals surface area contributed by atoms with Crippen LogP contribution in [0.5, 0.6) is 11.5 Å². The molecule has 26 heavy (non-hydrogen) atoms. The summed E-state index contributed by atoms with van der Waals surface area (Å²) in [5.41, 5.74) is 0.846. The summed E-state index contributed by atoms with van der Waals surface area (Å²) in [5.74, 6) is 2.00. The second-order valence-corrected chi connectivity index (χ2v) is 5.40. The Kier molecular flexibility index (Phi) is 10.7. The van der Waals surface area contributed by atoms with Crippen molar-refractivity contribution < 1.29 is 14.3 Å². The first-order valence-electron chi connectivity index (χ1n) is 7.73. The molecular formula is C17H26Cl2N4O3. The molecule has 0 radical (unpaired) electrons. The molecule has 1 heterocycles. The van der Waals surface area contributed by atoms with Crippen LogP contribution in [-0.2, 0) is 11.8 Å². The third kappa shape index (κ3) is 6.09. The minimum atomic E-state index is -0.390. The second kappa shape index (κ2) is 11.6. The van der Waals surface area contributed by atoms with E-state index in [0.29, 0.717) is 24.5 Å². The number of carbonyl (C=O) groups excluding carboxylic acids is 1. The van der Waals surface area contributed by atoms with Gasteiger partial charge in [0.05, 0.1) is 14.2 Å². The summed E-state index contributed by atoms with van der Waals surface area (Å²) in [4.78, 5) is 16.6. The van der Waals surface area contributed by atoms with E-state index < -0.39 is 6.04 Å². The van der Waals surface area contributed by atoms with Crippen LogP contribution in [0.25, 0.3) is 0 Å². The fourth-order valence-corrected chi connectivity index (χ4v) is 2.42. The Bertz CT molecular complexity index is 672. The summed E-state index contributed by atoms with van der Waals surface area (Å²) in [7, 11) is 6.91. The number of nitrogens with zero attached hydrogens (tertiary/aromatic N) is 2. The Hall–Kier alpha value is -1.96. The van der Waals surface area contributed by atoms with Gasteiger partial charge in [-0.2, -0.15) is 0 Å². The van der Waals surface area contributed by atoms with Gasteiger partial charge in [-0.15, -0.1) is 24.8 Å². The van der Waals surface area contributed by atoms with E-state index in [-0.39, 0.29) is 30.7 Å². The lowest BCUT2D eigenvalue weighted by Crippen LogP contribution is -2.32. The molecule has 0 saturated carbocycles. The zero-order valence-electron chi connectivity index (χ0n) is 15.3. The molecule has 0 saturated heterocycles. The molecule has 146 valence electrons. The Morgan fingerprint density at radius 1 is 1.19 bits per heavy atom. The monoisotopic (exact) mass is 404 g/mol. The minimum absolute atomic E-state index is 0. The van der Waals surface area contributed by atoms with Crippen molar-refractivity contribution in [1.82, 2.24) is 20.2 Å². The second-order valence-electron chi connectivity index (χ2n) is 5.40. The van der Waals surface area contributed by atoms with E-state index in [9.17, 15) is 4.79 Å². The van der Waals surface area contributed by atoms with Crippen molar-refractivity contribution >= 4 is 30.7 Å². The minimum Gasteiger partial charge on any atom is -0.497 e. The van der Waals surface area contributed by atoms with Gasteiger partial charge in [0.15, 0.2) is 0 Å². The maximum absolute atomic E-state index is 12.3. The average Bonchev–Trinajstić information content (AvgIpc) is 3.02. The van der Waals surface area contributed by atoms with E-state index in [0.717, 1.165) is 11.4 Å². The molecule has 9 heteroatoms. The van der Waals surface area contributed by atoms with E-state index in [1.165, 1.54) is 0 Å². The van der Waals surface area contributed by atoms with Crippen LogP contribution in [0.4, 0.5) is 0 Å². The Balaban J connectivity index is 0.00000312. The summed E-state index contributed by atoms with van der Waals surface area (Å²) in [6, 6.07) is 5.15. The van der Waals surface area contributed by atoms with Crippen LogP contribution in [0.1, 0.15) is 23.9 Å². The first-order valence-corrected chi connectivity index (χ1v) is 7.73. The highest BCUT2D eigenvalue weighted by molar-refractivity contribution is 5.85. The molecule has 0 aliphatic carbocycles. The van der Waals surface area contributed by atoms with Crippen LogP contribution in [0.3, 0.4) is 0 Å². The van der Waals surface area contributed by atoms with Gasteiger partial charge in [0.25, 0.3) is 0 Å². The number of benzene rings is 1. The summed E-state index contributed by atoms with van der Waals surface area (Å²) in [6.07, 6.45) is 3.94. The molecule has 0 fully saturated rings. The van der Waals surface area contributed by atoms with E-state index >= 15 is 0 Å². The van der Waals surface area contributed by atoms with Crippen molar-refractivity contribution in [3.05, 3.63) is 42.0 Å². The number of imidazole rings is 1. The SMILES string of the molecule is CNCCC(=O)NC(c1cc(OC)cc(OC)c1)c1nccn1C.Cl.Cl. The van der Waals surface area contributed by atoms with E-state index in [2.05, 4.69) is 15.6 Å². The van der Waals surface area contributed by atoms with Crippen LogP contribution in [0.15, 0.2) is 30.6 Å². The lowest BCUT2D eigenvalue weighted by molar-refractivity contribution is -0.121. The normalized spacial score (nSPS) is 10.9. The fourth-order valence-electron chi connectivity index (χ4n) is 2.42. The van der Waals surface area contributed by atoms with Gasteiger partial charge in [-0.1, -0.05) is 0 Å². The van der Waals surface area contributed by atoms with Crippen LogP contribution < -0.4 is 20.1 Å². The number of hydrogen-bond donors (Lipinski definition) is 2. The smallest absolute Gasteiger partial charge is 0.222 e. The standard InChI is InChI=1S/C17H24N4O3.2ClH/c1-18-6-5-15(22)20-16(17-19-7-8-21(17)2)12-9-13(23-3)11-14(10-12)24-4;;/h7-11,16,18H,5-6H2,1-4H3,(H,20,22);2*1H. The van der Waals surface area contributed by atoms with Gasteiger partial charge in [-0.25, -0.2) is 4.98 Å². The van der Waals surface area contributed by atoms with Crippen molar-refractivity contribution in [3.8, 4) is 11.5 Å². The Morgan fingerprint density at radius 2 is 1.81 bits per heavy atom. The highest BCUT2D eigenvalue weighted by atomic mass is 35.5. The molecule has 0 bridgehead atoms. The number of methoxy groups -OCH3 is 2. The van der Waals surface area contributed by atoms with Gasteiger partial charge in [-0.3, -0.25) is 4.79 Å². The summed E-state index contributed by atoms with van der Waals surface area (Å²) in [5, 5.41) is 6.01. The van der Waals surface area contributed by atoms with Gasteiger partial charge in [-0.05, 0) is 24.7 Å². The first kappa shape index (κ1) is 24.0. The first-order chi connectivity index (χ1) is 11.6. The van der Waals surface area contributed by atoms with E-state index in [4.69, 9.17) is 9.47 Å². The number of halogens is 2. The van der Waals surface area contributed by atoms with Gasteiger partial charge in [0.1, 0.15) is 23.4 Å². The molecule has 2 N–H and O–H groups in total. The molecule has 1 aromatic carbocycles. The molecule has 0 aliphatic rings. The number of aromatic nitrogens is 2. The Labute approximate surface area is 166 Å². The van der Waals surface area contributed by atoms with Crippen LogP contribution in [0.2, 0.25) is 0 Å². The molecule has 2 rings (SSSR count). The zero-order chi connectivity index (χ0) is 17.5. The number of nitrogens with one attached hydrogen (secondary N) is 2. The van der Waals surface area contributed by atoms with Crippen LogP contribution in [0, 0.1) is 0 Å². The van der Waals surface area contributed by atoms with Crippen molar-refractivity contribution in [2.45, 2.75) is 12.5 Å². The molecule has 1 aromatic heterocycles. The predicted octanol–water partition coefficient (Wildman–Crippen LogP) is 2.10. The lowest BCUT2D eigenvalue weighted by Gasteiger charge is -2.20. The van der Waals surface area contributed by atoms with Gasteiger partial charge >= 0.3 is 0 Å². The summed E-state index contributed by atoms with van der Waals surface area (Å²) < 4.78 is 12.6. The van der Waals surface area contributed by atoms with Crippen LogP contribution in [-0.4, -0.2) is 43.3 Å². The summed E-state index contributed by atoms with van der Waals surface area (Å²) >= 11 is 0. The number of hydrogen-bond acceptors (Lipinski definition) is 5. The lowest BCUT2D eigenvalue weighted by atomic mass is 10.0. The maximum Gasteiger partial charge on any atom is 0.222 e. The van der Waals surface area contributed by atoms with Gasteiger partial charge < -0.3 is 24.7 Å². The molecule has 1 amide bonds. The van der Waals surface area contributed by atoms with E-state index in [1.807, 2.05) is 37.0 Å². The maximum atomic E-state index is 12.3. The topological polar surface area (TPSA) is 77.4 Å². The highest BCUT2D eigenvalue weighted by Gasteiger charge is 2.22. The number of amides is 1. The molecule has 7 nitrogen and oxygen atoms in total. The quantitative estimate of drug-likeness (QED) is 0.704. The van der Waals surface area contributed by atoms with Crippen LogP contribution >= 0.6 is 24.8 Å². The molecule has 1 unspecified atom stereocenters. The van der Waals surface area contributed by atoms with Crippen molar-refractivity contribution in [2.75, 3.05) is 27.8 Å². The van der Waals surface area contributed by atoms with Gasteiger partial charge in [0.2, 0.25) is 5.91 Å². The largest absolute Gasteiger partial charge is 0.497 e. The number of ether oxygens (including phenoxy) is 2. The Morgan fingerprint density at radius 3 is 2.27 bits per heavy atom. The molecule has 2 aromatic rings. The van der Waals surface area contributed by atoms with E-state index in [1.54, 1.807) is 26.5 Å². The molecule has 0 spiro atoms. The predicted molar refractivity (Wildman–Crippen MR) is 106 cm³/mol. The number of carbonyl (C=O) groups is 1. The molecule has 1 atom stereocenters. The summed E-state index contributed by atoms with van der Waals surface area (Å²) in [6.45, 7) is 0.612. The number of rotatable bonds is 8. The fraction of sp³-hybridized carbons (Fsp3) is 0.412. The third-order valence-electron chi connectivity index (χ3n) is 3.73. The number of aryl methyl sites for hydroxylation is 1. The highest BCUT2D eigenvalue weighted by Crippen LogP contribution is 2.29. The average molecular weight is 405 g/mol. The third-order valence-corrected chi connectivity index (χ3v) is 3.73. The zero-order valence-corrected chi connectivity index (χ0v) is 16.9. The molecule has 0 aliphatic heterocycles.